The third-order valence-electron chi connectivity index (χ3n) is 6.07. The van der Waals surface area contributed by atoms with Crippen LogP contribution in [0.1, 0.15) is 55.7 Å². The van der Waals surface area contributed by atoms with Gasteiger partial charge in [-0.1, -0.05) is 12.1 Å². The Balaban J connectivity index is 1.70. The largest absolute Gasteiger partial charge is 0.481 e. The molecule has 0 aromatic heterocycles. The first-order valence-electron chi connectivity index (χ1n) is 10.0. The summed E-state index contributed by atoms with van der Waals surface area (Å²) < 4.78 is 38.7. The van der Waals surface area contributed by atoms with Crippen molar-refractivity contribution in [3.63, 3.8) is 0 Å². The van der Waals surface area contributed by atoms with Gasteiger partial charge in [-0.2, -0.15) is 24.9 Å². The van der Waals surface area contributed by atoms with Crippen molar-refractivity contribution in [3.8, 4) is 0 Å². The molecule has 1 N–H and O–H groups in total. The van der Waals surface area contributed by atoms with Crippen LogP contribution in [0.25, 0.3) is 0 Å². The first kappa shape index (κ1) is 21.5. The second-order valence-corrected chi connectivity index (χ2v) is 9.23. The van der Waals surface area contributed by atoms with Crippen molar-refractivity contribution >= 4 is 17.7 Å². The van der Waals surface area contributed by atoms with Gasteiger partial charge in [0.1, 0.15) is 0 Å². The minimum Gasteiger partial charge on any atom is -0.481 e. The predicted octanol–water partition coefficient (Wildman–Crippen LogP) is 5.47. The predicted molar refractivity (Wildman–Crippen MR) is 105 cm³/mol. The van der Waals surface area contributed by atoms with E-state index in [1.54, 1.807) is 12.1 Å². The summed E-state index contributed by atoms with van der Waals surface area (Å²) in [6.45, 7) is 1.74. The molecule has 0 amide bonds. The molecule has 0 aliphatic carbocycles. The first-order chi connectivity index (χ1) is 13.3. The van der Waals surface area contributed by atoms with Crippen molar-refractivity contribution in [3.05, 3.63) is 35.4 Å². The van der Waals surface area contributed by atoms with Gasteiger partial charge in [0.2, 0.25) is 0 Å². The van der Waals surface area contributed by atoms with Crippen LogP contribution >= 0.6 is 11.8 Å². The molecular weight excluding hydrogens is 387 g/mol. The van der Waals surface area contributed by atoms with E-state index in [1.165, 1.54) is 24.3 Å². The highest BCUT2D eigenvalue weighted by molar-refractivity contribution is 7.99. The van der Waals surface area contributed by atoms with Gasteiger partial charge in [0.15, 0.2) is 0 Å². The Morgan fingerprint density at radius 2 is 1.79 bits per heavy atom. The molecule has 2 saturated heterocycles. The van der Waals surface area contributed by atoms with Crippen LogP contribution in [0.2, 0.25) is 0 Å². The summed E-state index contributed by atoms with van der Waals surface area (Å²) in [4.78, 5) is 13.5. The highest BCUT2D eigenvalue weighted by Gasteiger charge is 2.33. The molecule has 2 unspecified atom stereocenters. The van der Waals surface area contributed by atoms with E-state index in [-0.39, 0.29) is 18.4 Å². The maximum absolute atomic E-state index is 12.9. The normalized spacial score (nSPS) is 25.0. The number of benzene rings is 1. The lowest BCUT2D eigenvalue weighted by Gasteiger charge is -2.40. The first-order valence-corrected chi connectivity index (χ1v) is 11.2. The van der Waals surface area contributed by atoms with Crippen molar-refractivity contribution in [2.45, 2.75) is 50.7 Å². The van der Waals surface area contributed by atoms with Gasteiger partial charge in [0.05, 0.1) is 5.56 Å². The fraction of sp³-hybridized carbons (Fsp3) is 0.667. The standard InChI is InChI=1S/C21H28F3NO2S/c22-21(23,24)18-3-1-17(2-4-18)19-13-16(14-20(26)27)6-10-25(19)9-5-15-7-11-28-12-8-15/h1-4,15-16,19H,5-14H2,(H,26,27). The number of carboxylic acid groups (broad SMARTS) is 1. The number of piperidine rings is 1. The van der Waals surface area contributed by atoms with E-state index in [0.29, 0.717) is 6.42 Å². The maximum Gasteiger partial charge on any atom is 0.416 e. The van der Waals surface area contributed by atoms with Gasteiger partial charge in [-0.15, -0.1) is 0 Å². The number of carboxylic acids is 1. The Labute approximate surface area is 168 Å². The number of alkyl halides is 3. The van der Waals surface area contributed by atoms with Crippen molar-refractivity contribution in [1.82, 2.24) is 4.90 Å². The van der Waals surface area contributed by atoms with Gasteiger partial charge in [-0.25, -0.2) is 0 Å². The summed E-state index contributed by atoms with van der Waals surface area (Å²) in [5.74, 6) is 2.43. The van der Waals surface area contributed by atoms with Crippen molar-refractivity contribution in [2.24, 2.45) is 11.8 Å². The molecule has 0 bridgehead atoms. The zero-order valence-electron chi connectivity index (χ0n) is 16.0. The topological polar surface area (TPSA) is 40.5 Å². The molecule has 2 atom stereocenters. The highest BCUT2D eigenvalue weighted by atomic mass is 32.2. The van der Waals surface area contributed by atoms with E-state index < -0.39 is 17.7 Å². The fourth-order valence-electron chi connectivity index (χ4n) is 4.41. The average molecular weight is 416 g/mol. The Hall–Kier alpha value is -1.21. The molecule has 7 heteroatoms. The van der Waals surface area contributed by atoms with Crippen LogP contribution in [-0.2, 0) is 11.0 Å². The molecule has 2 aliphatic heterocycles. The van der Waals surface area contributed by atoms with Crippen LogP contribution in [0.4, 0.5) is 13.2 Å². The summed E-state index contributed by atoms with van der Waals surface area (Å²) in [6.07, 6.45) is 0.917. The molecule has 0 spiro atoms. The van der Waals surface area contributed by atoms with Gasteiger partial charge in [0.25, 0.3) is 0 Å². The van der Waals surface area contributed by atoms with Crippen LogP contribution in [0.15, 0.2) is 24.3 Å². The van der Waals surface area contributed by atoms with Crippen molar-refractivity contribution < 1.29 is 23.1 Å². The number of nitrogens with zero attached hydrogens (tertiary/aromatic N) is 1. The van der Waals surface area contributed by atoms with E-state index in [1.807, 2.05) is 11.8 Å². The van der Waals surface area contributed by atoms with Gasteiger partial charge in [-0.3, -0.25) is 9.69 Å². The molecule has 1 aromatic rings. The van der Waals surface area contributed by atoms with Crippen LogP contribution in [0.5, 0.6) is 0 Å². The van der Waals surface area contributed by atoms with Gasteiger partial charge < -0.3 is 5.11 Å². The highest BCUT2D eigenvalue weighted by Crippen LogP contribution is 2.38. The zero-order valence-corrected chi connectivity index (χ0v) is 16.8. The number of aliphatic carboxylic acids is 1. The van der Waals surface area contributed by atoms with Gasteiger partial charge in [-0.05, 0) is 86.2 Å². The van der Waals surface area contributed by atoms with E-state index in [4.69, 9.17) is 5.11 Å². The average Bonchev–Trinajstić information content (AvgIpc) is 2.67. The molecule has 2 fully saturated rings. The summed E-state index contributed by atoms with van der Waals surface area (Å²) >= 11 is 2.01. The third-order valence-corrected chi connectivity index (χ3v) is 7.12. The van der Waals surface area contributed by atoms with E-state index in [2.05, 4.69) is 4.90 Å². The maximum atomic E-state index is 12.9. The Morgan fingerprint density at radius 1 is 1.11 bits per heavy atom. The second-order valence-electron chi connectivity index (χ2n) is 8.00. The lowest BCUT2D eigenvalue weighted by molar-refractivity contribution is -0.139. The number of thioether (sulfide) groups is 1. The van der Waals surface area contributed by atoms with Crippen molar-refractivity contribution in [2.75, 3.05) is 24.6 Å². The van der Waals surface area contributed by atoms with Crippen molar-refractivity contribution in [1.29, 1.82) is 0 Å². The monoisotopic (exact) mass is 415 g/mol. The third kappa shape index (κ3) is 5.89. The lowest BCUT2D eigenvalue weighted by Crippen LogP contribution is -2.38. The summed E-state index contributed by atoms with van der Waals surface area (Å²) in [5.41, 5.74) is 0.225. The molecule has 0 saturated carbocycles. The number of hydrogen-bond donors (Lipinski definition) is 1. The Morgan fingerprint density at radius 3 is 2.39 bits per heavy atom. The summed E-state index contributed by atoms with van der Waals surface area (Å²) in [6, 6.07) is 5.43. The van der Waals surface area contributed by atoms with E-state index >= 15 is 0 Å². The number of rotatable bonds is 6. The quantitative estimate of drug-likeness (QED) is 0.669. The molecule has 3 nitrogen and oxygen atoms in total. The van der Waals surface area contributed by atoms with E-state index in [0.717, 1.165) is 49.5 Å². The molecule has 2 heterocycles. The number of likely N-dealkylation sites (tertiary alicyclic amines) is 1. The molecule has 1 aromatic carbocycles. The molecular formula is C21H28F3NO2S. The molecule has 0 radical (unpaired) electrons. The molecule has 28 heavy (non-hydrogen) atoms. The molecule has 3 rings (SSSR count). The van der Waals surface area contributed by atoms with Crippen LogP contribution in [0.3, 0.4) is 0 Å². The zero-order chi connectivity index (χ0) is 20.1. The number of carbonyl (C=O) groups is 1. The lowest BCUT2D eigenvalue weighted by atomic mass is 9.84. The molecule has 156 valence electrons. The summed E-state index contributed by atoms with van der Waals surface area (Å²) in [7, 11) is 0. The van der Waals surface area contributed by atoms with Crippen LogP contribution in [0, 0.1) is 11.8 Å². The Bertz CT molecular complexity index is 644. The number of hydrogen-bond acceptors (Lipinski definition) is 3. The fourth-order valence-corrected chi connectivity index (χ4v) is 5.62. The molecule has 2 aliphatic rings. The minimum atomic E-state index is -4.34. The second kappa shape index (κ2) is 9.53. The van der Waals surface area contributed by atoms with E-state index in [9.17, 15) is 18.0 Å². The van der Waals surface area contributed by atoms with Crippen LogP contribution < -0.4 is 0 Å². The smallest absolute Gasteiger partial charge is 0.416 e. The van der Waals surface area contributed by atoms with Gasteiger partial charge in [0, 0.05) is 12.5 Å². The number of halogens is 3. The van der Waals surface area contributed by atoms with Gasteiger partial charge >= 0.3 is 12.1 Å². The SMILES string of the molecule is O=C(O)CC1CCN(CCC2CCSCC2)C(c2ccc(C(F)(F)F)cc2)C1. The Kier molecular flexibility index (Phi) is 7.31. The minimum absolute atomic E-state index is 0.00153. The summed E-state index contributed by atoms with van der Waals surface area (Å²) in [5, 5.41) is 9.15. The van der Waals surface area contributed by atoms with Crippen LogP contribution in [-0.4, -0.2) is 40.6 Å².